The van der Waals surface area contributed by atoms with Crippen molar-refractivity contribution in [3.8, 4) is 0 Å². The number of benzene rings is 2. The molecule has 0 aliphatic rings. The van der Waals surface area contributed by atoms with Gasteiger partial charge in [0.05, 0.1) is 17.9 Å². The second-order valence-electron chi connectivity index (χ2n) is 4.74. The first-order valence-corrected chi connectivity index (χ1v) is 6.77. The Morgan fingerprint density at radius 3 is 1.90 bits per heavy atom. The first-order chi connectivity index (χ1) is 10.3. The van der Waals surface area contributed by atoms with Crippen LogP contribution in [0.15, 0.2) is 83.7 Å². The van der Waals surface area contributed by atoms with Crippen LogP contribution in [0.5, 0.6) is 0 Å². The molecule has 0 radical (unpaired) electrons. The summed E-state index contributed by atoms with van der Waals surface area (Å²) in [6.07, 6.45) is 2.94. The Morgan fingerprint density at radius 1 is 0.857 bits per heavy atom. The number of carbonyl (C=O) groups excluding carboxylic acids is 1. The van der Waals surface area contributed by atoms with E-state index >= 15 is 0 Å². The van der Waals surface area contributed by atoms with Gasteiger partial charge in [-0.2, -0.15) is 0 Å². The number of hydrogen-bond donors (Lipinski definition) is 1. The van der Waals surface area contributed by atoms with Crippen molar-refractivity contribution in [3.63, 3.8) is 0 Å². The Labute approximate surface area is 123 Å². The highest BCUT2D eigenvalue weighted by Crippen LogP contribution is 2.22. The minimum absolute atomic E-state index is 0.151. The van der Waals surface area contributed by atoms with Gasteiger partial charge < -0.3 is 9.73 Å². The van der Waals surface area contributed by atoms with Crippen LogP contribution in [-0.2, 0) is 0 Å². The second kappa shape index (κ2) is 6.09. The van der Waals surface area contributed by atoms with Crippen LogP contribution in [0, 0.1) is 0 Å². The van der Waals surface area contributed by atoms with Gasteiger partial charge in [0.1, 0.15) is 6.26 Å². The van der Waals surface area contributed by atoms with Crippen LogP contribution in [-0.4, -0.2) is 5.91 Å². The highest BCUT2D eigenvalue weighted by molar-refractivity contribution is 5.94. The molecule has 3 heteroatoms. The maximum atomic E-state index is 12.3. The summed E-state index contributed by atoms with van der Waals surface area (Å²) in [5.41, 5.74) is 2.60. The van der Waals surface area contributed by atoms with Crippen LogP contribution >= 0.6 is 0 Å². The largest absolute Gasteiger partial charge is 0.472 e. The molecule has 0 fully saturated rings. The van der Waals surface area contributed by atoms with Crippen molar-refractivity contribution in [1.82, 2.24) is 5.32 Å². The van der Waals surface area contributed by atoms with Crippen molar-refractivity contribution in [2.24, 2.45) is 0 Å². The van der Waals surface area contributed by atoms with Crippen LogP contribution in [0.3, 0.4) is 0 Å². The van der Waals surface area contributed by atoms with Crippen molar-refractivity contribution >= 4 is 5.91 Å². The first-order valence-electron chi connectivity index (χ1n) is 6.77. The molecule has 0 saturated carbocycles. The number of hydrogen-bond acceptors (Lipinski definition) is 2. The molecule has 3 nitrogen and oxygen atoms in total. The van der Waals surface area contributed by atoms with Crippen LogP contribution in [0.4, 0.5) is 0 Å². The molecule has 1 aromatic heterocycles. The monoisotopic (exact) mass is 277 g/mol. The Morgan fingerprint density at radius 2 is 1.43 bits per heavy atom. The van der Waals surface area contributed by atoms with Gasteiger partial charge in [0.15, 0.2) is 0 Å². The third kappa shape index (κ3) is 3.03. The molecule has 0 unspecified atom stereocenters. The van der Waals surface area contributed by atoms with Crippen LogP contribution in [0.1, 0.15) is 27.5 Å². The molecule has 0 aliphatic carbocycles. The molecule has 1 heterocycles. The van der Waals surface area contributed by atoms with Gasteiger partial charge in [-0.15, -0.1) is 0 Å². The van der Waals surface area contributed by atoms with E-state index in [1.807, 2.05) is 60.7 Å². The molecular formula is C18H15NO2. The van der Waals surface area contributed by atoms with Gasteiger partial charge >= 0.3 is 0 Å². The van der Waals surface area contributed by atoms with Gasteiger partial charge in [0.2, 0.25) is 0 Å². The van der Waals surface area contributed by atoms with Gasteiger partial charge in [-0.05, 0) is 17.2 Å². The van der Waals surface area contributed by atoms with Gasteiger partial charge in [-0.3, -0.25) is 4.79 Å². The lowest BCUT2D eigenvalue weighted by Gasteiger charge is -2.19. The van der Waals surface area contributed by atoms with Gasteiger partial charge in [0, 0.05) is 0 Å². The predicted octanol–water partition coefficient (Wildman–Crippen LogP) is 3.80. The zero-order valence-electron chi connectivity index (χ0n) is 11.4. The summed E-state index contributed by atoms with van der Waals surface area (Å²) in [6, 6.07) is 21.3. The summed E-state index contributed by atoms with van der Waals surface area (Å²) in [5.74, 6) is -0.151. The van der Waals surface area contributed by atoms with Crippen molar-refractivity contribution in [1.29, 1.82) is 0 Å². The lowest BCUT2D eigenvalue weighted by atomic mass is 9.98. The highest BCUT2D eigenvalue weighted by atomic mass is 16.3. The second-order valence-corrected chi connectivity index (χ2v) is 4.74. The van der Waals surface area contributed by atoms with Crippen molar-refractivity contribution in [2.75, 3.05) is 0 Å². The van der Waals surface area contributed by atoms with Gasteiger partial charge in [0.25, 0.3) is 5.91 Å². The average molecular weight is 277 g/mol. The van der Waals surface area contributed by atoms with E-state index in [9.17, 15) is 4.79 Å². The summed E-state index contributed by atoms with van der Waals surface area (Å²) >= 11 is 0. The third-order valence-electron chi connectivity index (χ3n) is 3.32. The molecule has 0 spiro atoms. The molecule has 2 aromatic carbocycles. The number of carbonyl (C=O) groups is 1. The summed E-state index contributed by atoms with van der Waals surface area (Å²) in [5, 5.41) is 3.05. The Kier molecular flexibility index (Phi) is 3.83. The summed E-state index contributed by atoms with van der Waals surface area (Å²) < 4.78 is 4.97. The highest BCUT2D eigenvalue weighted by Gasteiger charge is 2.17. The molecule has 104 valence electrons. The quantitative estimate of drug-likeness (QED) is 0.788. The Hall–Kier alpha value is -2.81. The van der Waals surface area contributed by atoms with E-state index < -0.39 is 0 Å². The van der Waals surface area contributed by atoms with E-state index in [0.717, 1.165) is 11.1 Å². The summed E-state index contributed by atoms with van der Waals surface area (Å²) in [7, 11) is 0. The standard InChI is InChI=1S/C18H15NO2/c20-18(16-11-12-21-13-16)19-17(14-7-3-1-4-8-14)15-9-5-2-6-10-15/h1-13,17H,(H,19,20). The minimum Gasteiger partial charge on any atom is -0.472 e. The van der Waals surface area contributed by atoms with E-state index in [1.54, 1.807) is 6.07 Å². The summed E-state index contributed by atoms with van der Waals surface area (Å²) in [6.45, 7) is 0. The van der Waals surface area contributed by atoms with Crippen LogP contribution in [0.2, 0.25) is 0 Å². The van der Waals surface area contributed by atoms with E-state index in [1.165, 1.54) is 12.5 Å². The molecular weight excluding hydrogens is 262 g/mol. The topological polar surface area (TPSA) is 42.2 Å². The SMILES string of the molecule is O=C(NC(c1ccccc1)c1ccccc1)c1ccoc1. The number of nitrogens with one attached hydrogen (secondary N) is 1. The molecule has 0 saturated heterocycles. The minimum atomic E-state index is -0.185. The van der Waals surface area contributed by atoms with Gasteiger partial charge in [-0.1, -0.05) is 60.7 Å². The van der Waals surface area contributed by atoms with Crippen molar-refractivity contribution < 1.29 is 9.21 Å². The lowest BCUT2D eigenvalue weighted by molar-refractivity contribution is 0.0942. The maximum absolute atomic E-state index is 12.3. The summed E-state index contributed by atoms with van der Waals surface area (Å²) in [4.78, 5) is 12.3. The van der Waals surface area contributed by atoms with Crippen LogP contribution < -0.4 is 5.32 Å². The Balaban J connectivity index is 1.92. The third-order valence-corrected chi connectivity index (χ3v) is 3.32. The molecule has 21 heavy (non-hydrogen) atoms. The zero-order chi connectivity index (χ0) is 14.5. The van der Waals surface area contributed by atoms with Gasteiger partial charge in [-0.25, -0.2) is 0 Å². The lowest BCUT2D eigenvalue weighted by Crippen LogP contribution is -2.29. The molecule has 0 aliphatic heterocycles. The fraction of sp³-hybridized carbons (Fsp3) is 0.0556. The molecule has 1 N–H and O–H groups in total. The van der Waals surface area contributed by atoms with E-state index in [0.29, 0.717) is 5.56 Å². The fourth-order valence-electron chi connectivity index (χ4n) is 2.26. The maximum Gasteiger partial charge on any atom is 0.255 e. The normalized spacial score (nSPS) is 10.5. The Bertz CT molecular complexity index is 651. The molecule has 0 atom stereocenters. The molecule has 0 bridgehead atoms. The number of furan rings is 1. The van der Waals surface area contributed by atoms with Crippen LogP contribution in [0.25, 0.3) is 0 Å². The average Bonchev–Trinajstić information content (AvgIpc) is 3.09. The van der Waals surface area contributed by atoms with Crippen molar-refractivity contribution in [2.45, 2.75) is 6.04 Å². The zero-order valence-corrected chi connectivity index (χ0v) is 11.4. The van der Waals surface area contributed by atoms with E-state index in [2.05, 4.69) is 5.32 Å². The van der Waals surface area contributed by atoms with Crippen molar-refractivity contribution in [3.05, 3.63) is 95.9 Å². The van der Waals surface area contributed by atoms with E-state index in [-0.39, 0.29) is 11.9 Å². The fourth-order valence-corrected chi connectivity index (χ4v) is 2.26. The number of amides is 1. The molecule has 1 amide bonds. The molecule has 3 rings (SSSR count). The smallest absolute Gasteiger partial charge is 0.255 e. The predicted molar refractivity (Wildman–Crippen MR) is 80.9 cm³/mol. The number of rotatable bonds is 4. The van der Waals surface area contributed by atoms with E-state index in [4.69, 9.17) is 4.42 Å². The first kappa shape index (κ1) is 13.2. The molecule has 3 aromatic rings.